The fourth-order valence-electron chi connectivity index (χ4n) is 2.85. The maximum absolute atomic E-state index is 12.8. The molecule has 0 radical (unpaired) electrons. The lowest BCUT2D eigenvalue weighted by molar-refractivity contribution is -0.148. The molecule has 1 aliphatic rings. The number of hydrogen-bond donors (Lipinski definition) is 1. The fraction of sp³-hybridized carbons (Fsp3) is 0.846. The number of nitrogens with zero attached hydrogens (tertiary/aromatic N) is 4. The first-order chi connectivity index (χ1) is 9.85. The van der Waals surface area contributed by atoms with E-state index in [0.29, 0.717) is 25.5 Å². The lowest BCUT2D eigenvalue weighted by atomic mass is 9.82. The smallest absolute Gasteiger partial charge is 0.330 e. The van der Waals surface area contributed by atoms with Crippen LogP contribution in [-0.2, 0) is 19.3 Å². The summed E-state index contributed by atoms with van der Waals surface area (Å²) in [6.07, 6.45) is -2.53. The molecule has 1 aliphatic heterocycles. The molecule has 0 aliphatic carbocycles. The molecular weight excluding hydrogens is 283 g/mol. The van der Waals surface area contributed by atoms with Crippen molar-refractivity contribution >= 4 is 0 Å². The van der Waals surface area contributed by atoms with E-state index >= 15 is 0 Å². The molecule has 0 atom stereocenters. The van der Waals surface area contributed by atoms with Crippen LogP contribution in [0.5, 0.6) is 0 Å². The lowest BCUT2D eigenvalue weighted by Gasteiger charge is -2.38. The second kappa shape index (κ2) is 5.92. The van der Waals surface area contributed by atoms with Crippen LogP contribution in [0.4, 0.5) is 13.2 Å². The standard InChI is InChI=1S/C13H22F3N5/c1-3-12(4-2,8-17)9-20-5-6-21-10(7-20)18-19-11(21)13(14,15)16/h3-9,17H2,1-2H3. The van der Waals surface area contributed by atoms with Gasteiger partial charge in [-0.25, -0.2) is 0 Å². The predicted molar refractivity (Wildman–Crippen MR) is 72.4 cm³/mol. The molecule has 2 rings (SSSR count). The molecule has 1 aromatic heterocycles. The highest BCUT2D eigenvalue weighted by Gasteiger charge is 2.40. The van der Waals surface area contributed by atoms with Gasteiger partial charge in [-0.2, -0.15) is 13.2 Å². The van der Waals surface area contributed by atoms with E-state index in [-0.39, 0.29) is 12.0 Å². The molecule has 0 saturated heterocycles. The zero-order chi connectivity index (χ0) is 15.7. The largest absolute Gasteiger partial charge is 0.451 e. The normalized spacial score (nSPS) is 17.0. The van der Waals surface area contributed by atoms with Crippen molar-refractivity contribution in [3.05, 3.63) is 11.6 Å². The van der Waals surface area contributed by atoms with Gasteiger partial charge in [-0.1, -0.05) is 13.8 Å². The second-order valence-electron chi connectivity index (χ2n) is 5.71. The van der Waals surface area contributed by atoms with Crippen molar-refractivity contribution in [2.24, 2.45) is 11.1 Å². The highest BCUT2D eigenvalue weighted by Crippen LogP contribution is 2.31. The molecule has 0 bridgehead atoms. The average Bonchev–Trinajstić information content (AvgIpc) is 2.88. The minimum atomic E-state index is -4.44. The first kappa shape index (κ1) is 16.2. The number of fused-ring (bicyclic) bond motifs is 1. The van der Waals surface area contributed by atoms with Gasteiger partial charge in [0.2, 0.25) is 5.82 Å². The van der Waals surface area contributed by atoms with Gasteiger partial charge in [-0.05, 0) is 24.8 Å². The molecule has 2 N–H and O–H groups in total. The van der Waals surface area contributed by atoms with Gasteiger partial charge in [0.25, 0.3) is 0 Å². The van der Waals surface area contributed by atoms with Gasteiger partial charge < -0.3 is 10.3 Å². The van der Waals surface area contributed by atoms with E-state index in [2.05, 4.69) is 28.9 Å². The quantitative estimate of drug-likeness (QED) is 0.902. The fourth-order valence-corrected chi connectivity index (χ4v) is 2.85. The van der Waals surface area contributed by atoms with Crippen LogP contribution in [0.25, 0.3) is 0 Å². The molecule has 1 aromatic rings. The summed E-state index contributed by atoms with van der Waals surface area (Å²) in [5.41, 5.74) is 5.92. The Morgan fingerprint density at radius 3 is 2.33 bits per heavy atom. The molecule has 0 unspecified atom stereocenters. The molecule has 0 amide bonds. The minimum absolute atomic E-state index is 0.0229. The van der Waals surface area contributed by atoms with Crippen LogP contribution in [0.15, 0.2) is 0 Å². The predicted octanol–water partition coefficient (Wildman–Crippen LogP) is 1.88. The van der Waals surface area contributed by atoms with E-state index in [4.69, 9.17) is 5.73 Å². The molecule has 120 valence electrons. The van der Waals surface area contributed by atoms with Gasteiger partial charge in [0, 0.05) is 19.6 Å². The SMILES string of the molecule is CCC(CC)(CN)CN1CCn2c(nnc2C(F)(F)F)C1. The molecule has 0 spiro atoms. The zero-order valence-corrected chi connectivity index (χ0v) is 12.4. The Balaban J connectivity index is 2.12. The summed E-state index contributed by atoms with van der Waals surface area (Å²) < 4.78 is 39.5. The molecule has 0 aromatic carbocycles. The maximum atomic E-state index is 12.8. The van der Waals surface area contributed by atoms with Crippen molar-refractivity contribution in [2.75, 3.05) is 19.6 Å². The first-order valence-electron chi connectivity index (χ1n) is 7.27. The second-order valence-corrected chi connectivity index (χ2v) is 5.71. The number of rotatable bonds is 5. The molecule has 0 fully saturated rings. The Morgan fingerprint density at radius 2 is 1.81 bits per heavy atom. The molecular formula is C13H22F3N5. The first-order valence-corrected chi connectivity index (χ1v) is 7.27. The Labute approximate surface area is 122 Å². The number of aromatic nitrogens is 3. The van der Waals surface area contributed by atoms with Crippen LogP contribution in [-0.4, -0.2) is 39.3 Å². The third-order valence-electron chi connectivity index (χ3n) is 4.58. The van der Waals surface area contributed by atoms with E-state index in [1.54, 1.807) is 0 Å². The van der Waals surface area contributed by atoms with Crippen molar-refractivity contribution in [3.8, 4) is 0 Å². The summed E-state index contributed by atoms with van der Waals surface area (Å²) in [7, 11) is 0. The molecule has 0 saturated carbocycles. The summed E-state index contributed by atoms with van der Waals surface area (Å²) in [6.45, 7) is 6.79. The Morgan fingerprint density at radius 1 is 1.14 bits per heavy atom. The van der Waals surface area contributed by atoms with Gasteiger partial charge in [-0.15, -0.1) is 10.2 Å². The van der Waals surface area contributed by atoms with Crippen LogP contribution >= 0.6 is 0 Å². The third kappa shape index (κ3) is 3.21. The van der Waals surface area contributed by atoms with E-state index in [9.17, 15) is 13.2 Å². The van der Waals surface area contributed by atoms with Crippen molar-refractivity contribution in [1.29, 1.82) is 0 Å². The Hall–Kier alpha value is -1.15. The van der Waals surface area contributed by atoms with Gasteiger partial charge in [0.1, 0.15) is 5.82 Å². The maximum Gasteiger partial charge on any atom is 0.451 e. The summed E-state index contributed by atoms with van der Waals surface area (Å²) in [6, 6.07) is 0. The Kier molecular flexibility index (Phi) is 4.57. The van der Waals surface area contributed by atoms with Crippen molar-refractivity contribution in [1.82, 2.24) is 19.7 Å². The highest BCUT2D eigenvalue weighted by atomic mass is 19.4. The van der Waals surface area contributed by atoms with Crippen LogP contribution < -0.4 is 5.73 Å². The molecule has 8 heteroatoms. The molecule has 5 nitrogen and oxygen atoms in total. The number of hydrogen-bond acceptors (Lipinski definition) is 4. The number of halogens is 3. The topological polar surface area (TPSA) is 60.0 Å². The zero-order valence-electron chi connectivity index (χ0n) is 12.4. The van der Waals surface area contributed by atoms with Crippen molar-refractivity contribution < 1.29 is 13.2 Å². The number of alkyl halides is 3. The van der Waals surface area contributed by atoms with Gasteiger partial charge >= 0.3 is 6.18 Å². The van der Waals surface area contributed by atoms with Crippen LogP contribution in [0, 0.1) is 5.41 Å². The van der Waals surface area contributed by atoms with Gasteiger partial charge in [0.05, 0.1) is 6.54 Å². The monoisotopic (exact) mass is 305 g/mol. The summed E-state index contributed by atoms with van der Waals surface area (Å²) in [4.78, 5) is 2.13. The molecule has 2 heterocycles. The van der Waals surface area contributed by atoms with Crippen molar-refractivity contribution in [3.63, 3.8) is 0 Å². The lowest BCUT2D eigenvalue weighted by Crippen LogP contribution is -2.45. The summed E-state index contributed by atoms with van der Waals surface area (Å²) in [5.74, 6) is -0.514. The number of nitrogens with two attached hydrogens (primary N) is 1. The van der Waals surface area contributed by atoms with E-state index in [0.717, 1.165) is 19.4 Å². The van der Waals surface area contributed by atoms with Crippen LogP contribution in [0.3, 0.4) is 0 Å². The van der Waals surface area contributed by atoms with Crippen LogP contribution in [0.1, 0.15) is 38.3 Å². The van der Waals surface area contributed by atoms with E-state index in [1.807, 2.05) is 0 Å². The summed E-state index contributed by atoms with van der Waals surface area (Å²) >= 11 is 0. The van der Waals surface area contributed by atoms with Gasteiger partial charge in [0.15, 0.2) is 0 Å². The van der Waals surface area contributed by atoms with Crippen LogP contribution in [0.2, 0.25) is 0 Å². The van der Waals surface area contributed by atoms with E-state index < -0.39 is 12.0 Å². The average molecular weight is 305 g/mol. The van der Waals surface area contributed by atoms with E-state index in [1.165, 1.54) is 4.57 Å². The summed E-state index contributed by atoms with van der Waals surface area (Å²) in [5, 5.41) is 7.00. The van der Waals surface area contributed by atoms with Gasteiger partial charge in [-0.3, -0.25) is 4.90 Å². The minimum Gasteiger partial charge on any atom is -0.330 e. The highest BCUT2D eigenvalue weighted by molar-refractivity contribution is 5.02. The van der Waals surface area contributed by atoms with Crippen molar-refractivity contribution in [2.45, 2.75) is 46.0 Å². The Bertz CT molecular complexity index is 470. The third-order valence-corrected chi connectivity index (χ3v) is 4.58. The molecule has 21 heavy (non-hydrogen) atoms.